The van der Waals surface area contributed by atoms with Crippen LogP contribution in [0.1, 0.15) is 136 Å². The molecule has 0 saturated heterocycles. The molecule has 0 bridgehead atoms. The van der Waals surface area contributed by atoms with Gasteiger partial charge in [-0.2, -0.15) is 0 Å². The molecule has 1 spiro atoms. The van der Waals surface area contributed by atoms with Gasteiger partial charge in [0.25, 0.3) is 0 Å². The number of carbonyl (C=O) groups is 2. The molecule has 3 aromatic carbocycles. The lowest BCUT2D eigenvalue weighted by atomic mass is 9.60. The summed E-state index contributed by atoms with van der Waals surface area (Å²) < 4.78 is 17.5. The van der Waals surface area contributed by atoms with Crippen molar-refractivity contribution in [3.05, 3.63) is 118 Å². The molecule has 3 aliphatic carbocycles. The molecule has 12 heteroatoms. The Morgan fingerprint density at radius 2 is 1.71 bits per heavy atom. The lowest BCUT2D eigenvalue weighted by Gasteiger charge is -2.44. The third kappa shape index (κ3) is 9.06. The molecule has 6 atom stereocenters. The number of amides is 1. The van der Waals surface area contributed by atoms with Gasteiger partial charge in [0.15, 0.2) is 11.4 Å². The molecule has 0 aromatic heterocycles. The molecule has 2 aliphatic heterocycles. The number of benzene rings is 3. The number of carbonyl (C=O) groups excluding carboxylic acids is 2. The van der Waals surface area contributed by atoms with Gasteiger partial charge in [0.2, 0.25) is 5.91 Å². The number of phenols is 2. The van der Waals surface area contributed by atoms with Crippen LogP contribution in [-0.2, 0) is 15.1 Å². The van der Waals surface area contributed by atoms with Crippen LogP contribution >= 0.6 is 0 Å². The van der Waals surface area contributed by atoms with E-state index in [4.69, 9.17) is 25.7 Å². The molecule has 1 amide bonds. The van der Waals surface area contributed by atoms with Crippen molar-refractivity contribution in [3.8, 4) is 23.0 Å². The number of primary amides is 1. The van der Waals surface area contributed by atoms with Crippen molar-refractivity contribution in [1.29, 1.82) is 0 Å². The highest BCUT2D eigenvalue weighted by atomic mass is 16.6. The van der Waals surface area contributed by atoms with Gasteiger partial charge in [-0.3, -0.25) is 4.79 Å². The van der Waals surface area contributed by atoms with E-state index in [1.165, 1.54) is 68.0 Å². The summed E-state index contributed by atoms with van der Waals surface area (Å²) in [6.07, 6.45) is 14.0. The smallest absolute Gasteiger partial charge is 0.340 e. The first-order valence-electron chi connectivity index (χ1n) is 22.4. The van der Waals surface area contributed by atoms with Gasteiger partial charge in [-0.25, -0.2) is 4.79 Å². The van der Waals surface area contributed by atoms with E-state index < -0.39 is 35.0 Å². The third-order valence-corrected chi connectivity index (χ3v) is 14.3. The normalized spacial score (nSPS) is 27.4. The lowest BCUT2D eigenvalue weighted by Crippen LogP contribution is -2.42. The number of hydrogen-bond donors (Lipinski definition) is 7. The van der Waals surface area contributed by atoms with Gasteiger partial charge >= 0.3 is 5.97 Å². The number of esters is 1. The zero-order valence-electron chi connectivity index (χ0n) is 37.0. The molecule has 2 unspecified atom stereocenters. The summed E-state index contributed by atoms with van der Waals surface area (Å²) in [6.45, 7) is 13.8. The van der Waals surface area contributed by atoms with Gasteiger partial charge in [0.05, 0.1) is 29.4 Å². The summed E-state index contributed by atoms with van der Waals surface area (Å²) in [4.78, 5) is 24.7. The fourth-order valence-corrected chi connectivity index (χ4v) is 11.2. The number of aromatic hydroxyl groups is 2. The van der Waals surface area contributed by atoms with E-state index in [0.717, 1.165) is 30.8 Å². The summed E-state index contributed by atoms with van der Waals surface area (Å²) >= 11 is 0. The van der Waals surface area contributed by atoms with Crippen LogP contribution in [0.15, 0.2) is 90.0 Å². The Morgan fingerprint density at radius 3 is 2.35 bits per heavy atom. The van der Waals surface area contributed by atoms with Crippen molar-refractivity contribution in [2.75, 3.05) is 13.2 Å². The van der Waals surface area contributed by atoms with Crippen molar-refractivity contribution in [3.63, 3.8) is 0 Å². The van der Waals surface area contributed by atoms with Gasteiger partial charge in [-0.05, 0) is 130 Å². The van der Waals surface area contributed by atoms with Crippen LogP contribution in [0.25, 0.3) is 0 Å². The number of fused-ring (bicyclic) bond motifs is 7. The number of phenolic OH excluding ortho intramolecular Hbond substituents is 2. The Hall–Kier alpha value is -4.98. The molecule has 8 rings (SSSR count). The number of nitrogens with two attached hydrogens (primary N) is 2. The Labute approximate surface area is 370 Å². The molecule has 3 aromatic rings. The molecular formula is C51H64N2O10. The molecule has 12 nitrogen and oxygen atoms in total. The van der Waals surface area contributed by atoms with Crippen LogP contribution in [0, 0.1) is 23.2 Å². The second-order valence-electron chi connectivity index (χ2n) is 19.2. The van der Waals surface area contributed by atoms with Crippen LogP contribution in [0.2, 0.25) is 0 Å². The van der Waals surface area contributed by atoms with E-state index in [1.807, 2.05) is 13.8 Å². The molecule has 338 valence electrons. The molecule has 3 saturated carbocycles. The van der Waals surface area contributed by atoms with Crippen molar-refractivity contribution in [2.24, 2.45) is 34.6 Å². The quantitative estimate of drug-likeness (QED) is 0.0555. The third-order valence-electron chi connectivity index (χ3n) is 14.3. The van der Waals surface area contributed by atoms with Gasteiger partial charge in [0.1, 0.15) is 23.0 Å². The van der Waals surface area contributed by atoms with Crippen LogP contribution in [0.4, 0.5) is 0 Å². The van der Waals surface area contributed by atoms with Crippen LogP contribution in [0.3, 0.4) is 0 Å². The van der Waals surface area contributed by atoms with E-state index in [2.05, 4.69) is 32.6 Å². The molecule has 63 heavy (non-hydrogen) atoms. The highest BCUT2D eigenvalue weighted by molar-refractivity contribution is 6.08. The zero-order valence-corrected chi connectivity index (χ0v) is 37.0. The maximum absolute atomic E-state index is 12.8. The number of rotatable bonds is 11. The van der Waals surface area contributed by atoms with Crippen molar-refractivity contribution >= 4 is 11.9 Å². The Morgan fingerprint density at radius 1 is 1.03 bits per heavy atom. The van der Waals surface area contributed by atoms with Gasteiger partial charge in [-0.1, -0.05) is 63.1 Å². The van der Waals surface area contributed by atoms with Gasteiger partial charge in [-0.15, -0.1) is 0 Å². The van der Waals surface area contributed by atoms with Crippen molar-refractivity contribution in [2.45, 2.75) is 121 Å². The Kier molecular flexibility index (Phi) is 13.1. The highest BCUT2D eigenvalue weighted by Crippen LogP contribution is 2.60. The molecular weight excluding hydrogens is 801 g/mol. The number of hydrogen-bond acceptors (Lipinski definition) is 11. The van der Waals surface area contributed by atoms with Crippen LogP contribution < -0.4 is 16.2 Å². The predicted molar refractivity (Wildman–Crippen MR) is 239 cm³/mol. The summed E-state index contributed by atoms with van der Waals surface area (Å²) in [7, 11) is 0. The summed E-state index contributed by atoms with van der Waals surface area (Å²) in [5.74, 6) is -0.349. The molecule has 5 aliphatic rings. The number of aliphatic hydroxyl groups excluding tert-OH is 1. The zero-order chi connectivity index (χ0) is 45.5. The summed E-state index contributed by atoms with van der Waals surface area (Å²) in [5, 5.41) is 51.4. The summed E-state index contributed by atoms with van der Waals surface area (Å²) in [5.41, 5.74) is 14.0. The van der Waals surface area contributed by atoms with Gasteiger partial charge in [0, 0.05) is 41.7 Å². The maximum atomic E-state index is 12.8. The first-order valence-corrected chi connectivity index (χ1v) is 22.4. The van der Waals surface area contributed by atoms with E-state index in [9.17, 15) is 35.1 Å². The Bertz CT molecular complexity index is 2260. The highest BCUT2D eigenvalue weighted by Gasteiger charge is 2.55. The van der Waals surface area contributed by atoms with Gasteiger partial charge < -0.3 is 51.2 Å². The number of aliphatic hydroxyl groups is 3. The fraction of sp³-hybridized carbons (Fsp3) is 0.490. The minimum atomic E-state index is -1.40. The number of allylic oxidation sites excluding steroid dienone is 3. The SMILES string of the molecule is C=C1/C(=C\C=C2CCC[C@@]3(C)C2CC[C@@H]3[C@H](C)CCCC(C)(C)O)C[C@](O)(OCCCN)CC1O.NC(=O)c1cccc2c1C(=O)OC21c2ccc(O)cc2Oc2cc(O)ccc21. The average Bonchev–Trinajstić information content (AvgIpc) is 3.72. The molecule has 2 heterocycles. The second-order valence-corrected chi connectivity index (χ2v) is 19.2. The molecule has 3 fully saturated rings. The Balaban J connectivity index is 0.000000193. The monoisotopic (exact) mass is 864 g/mol. The maximum Gasteiger partial charge on any atom is 0.340 e. The fourth-order valence-electron chi connectivity index (χ4n) is 11.2. The van der Waals surface area contributed by atoms with Crippen molar-refractivity contribution < 1.29 is 49.3 Å². The molecule has 0 radical (unpaired) electrons. The van der Waals surface area contributed by atoms with E-state index >= 15 is 0 Å². The summed E-state index contributed by atoms with van der Waals surface area (Å²) in [6, 6.07) is 13.7. The molecule has 9 N–H and O–H groups in total. The minimum absolute atomic E-state index is 0.0343. The minimum Gasteiger partial charge on any atom is -0.508 e. The average molecular weight is 865 g/mol. The second kappa shape index (κ2) is 17.9. The van der Waals surface area contributed by atoms with E-state index in [1.54, 1.807) is 24.3 Å². The largest absolute Gasteiger partial charge is 0.508 e. The van der Waals surface area contributed by atoms with E-state index in [0.29, 0.717) is 65.5 Å². The lowest BCUT2D eigenvalue weighted by molar-refractivity contribution is -0.220. The standard InChI is InChI=1S/C30H51NO4.C21H13NO6/c1-21(9-6-15-28(3,4)33)25-13-14-26-23(10-7-16-29(25,26)5)11-12-24-19-30(34,35-18-8-17-31)20-27(32)22(24)2;22-19(25)12-2-1-3-15-18(12)20(26)28-21(15)13-6-4-10(23)8-16(13)27-17-9-11(24)5-7-14(17)21/h11-12,21,25-27,32-34H,2,6-10,13-20,31H2,1,3-5H3;1-9,23-24H,(H2,22,25)/b23-11?,24-12-;/t21-,25-,26?,27?,29-,30+;/m1./s1. The topological polar surface area (TPSA) is 215 Å². The predicted octanol–water partition coefficient (Wildman–Crippen LogP) is 8.16. The van der Waals surface area contributed by atoms with Crippen molar-refractivity contribution in [1.82, 2.24) is 0 Å². The van der Waals surface area contributed by atoms with Crippen LogP contribution in [-0.4, -0.2) is 68.1 Å². The first kappa shape index (κ1) is 46.0. The van der Waals surface area contributed by atoms with Crippen LogP contribution in [0.5, 0.6) is 23.0 Å². The number of ether oxygens (including phenoxy) is 3. The first-order chi connectivity index (χ1) is 29.8. The van der Waals surface area contributed by atoms with E-state index in [-0.39, 0.29) is 40.5 Å².